The second-order valence-corrected chi connectivity index (χ2v) is 5.55. The molecule has 4 N–H and O–H groups in total. The molecule has 20 heavy (non-hydrogen) atoms. The van der Waals surface area contributed by atoms with E-state index in [0.717, 1.165) is 36.9 Å². The molecule has 1 aliphatic rings. The second-order valence-electron chi connectivity index (χ2n) is 5.55. The van der Waals surface area contributed by atoms with E-state index in [-0.39, 0.29) is 18.0 Å². The van der Waals surface area contributed by atoms with Gasteiger partial charge in [-0.2, -0.15) is 5.10 Å². The van der Waals surface area contributed by atoms with Gasteiger partial charge >= 0.3 is 0 Å². The van der Waals surface area contributed by atoms with E-state index in [2.05, 4.69) is 10.2 Å². The van der Waals surface area contributed by atoms with E-state index >= 15 is 0 Å². The lowest BCUT2D eigenvalue weighted by Gasteiger charge is -2.36. The first-order valence-corrected chi connectivity index (χ1v) is 7.02. The Hall–Kier alpha value is -1.69. The van der Waals surface area contributed by atoms with E-state index in [4.69, 9.17) is 11.1 Å². The lowest BCUT2D eigenvalue weighted by Crippen LogP contribution is -2.44. The van der Waals surface area contributed by atoms with Gasteiger partial charge in [-0.15, -0.1) is 5.10 Å². The first-order chi connectivity index (χ1) is 9.43. The Kier molecular flexibility index (Phi) is 4.23. The quantitative estimate of drug-likeness (QED) is 0.568. The van der Waals surface area contributed by atoms with Gasteiger partial charge in [0, 0.05) is 7.05 Å². The summed E-state index contributed by atoms with van der Waals surface area (Å²) in [5.41, 5.74) is 7.98. The lowest BCUT2D eigenvalue weighted by molar-refractivity contribution is 0.106. The van der Waals surface area contributed by atoms with E-state index in [9.17, 15) is 5.11 Å². The van der Waals surface area contributed by atoms with Crippen LogP contribution in [0.2, 0.25) is 0 Å². The van der Waals surface area contributed by atoms with Crippen LogP contribution in [-0.2, 0) is 0 Å². The summed E-state index contributed by atoms with van der Waals surface area (Å²) in [5, 5.41) is 26.3. The summed E-state index contributed by atoms with van der Waals surface area (Å²) in [7, 11) is 1.89. The van der Waals surface area contributed by atoms with Crippen molar-refractivity contribution in [2.75, 3.05) is 11.9 Å². The topological polar surface area (TPSA) is 99.1 Å². The number of likely N-dealkylation sites (N-methyl/N-ethyl adjacent to an activating group) is 1. The summed E-state index contributed by atoms with van der Waals surface area (Å²) in [4.78, 5) is 1.93. The maximum Gasteiger partial charge on any atom is 0.162 e. The molecule has 6 nitrogen and oxygen atoms in total. The molecule has 1 heterocycles. The average molecular weight is 277 g/mol. The van der Waals surface area contributed by atoms with Crippen LogP contribution in [0.3, 0.4) is 0 Å². The molecule has 2 unspecified atom stereocenters. The zero-order valence-electron chi connectivity index (χ0n) is 12.3. The lowest BCUT2D eigenvalue weighted by atomic mass is 9.91. The summed E-state index contributed by atoms with van der Waals surface area (Å²) in [6, 6.07) is 0.0123. The number of aryl methyl sites for hydroxylation is 1. The molecule has 0 amide bonds. The molecule has 0 radical (unpaired) electrons. The number of anilines is 1. The van der Waals surface area contributed by atoms with Gasteiger partial charge in [-0.05, 0) is 32.3 Å². The van der Waals surface area contributed by atoms with Crippen molar-refractivity contribution in [2.45, 2.75) is 51.7 Å². The van der Waals surface area contributed by atoms with E-state index in [1.165, 1.54) is 0 Å². The van der Waals surface area contributed by atoms with Crippen molar-refractivity contribution >= 4 is 11.7 Å². The van der Waals surface area contributed by atoms with Crippen LogP contribution < -0.4 is 10.6 Å². The molecular formula is C14H23N5O. The van der Waals surface area contributed by atoms with E-state index in [1.807, 2.05) is 25.8 Å². The number of aromatic nitrogens is 2. The van der Waals surface area contributed by atoms with Crippen molar-refractivity contribution in [2.24, 2.45) is 5.73 Å². The number of nitrogens with zero attached hydrogens (tertiary/aromatic N) is 3. The molecule has 0 aromatic carbocycles. The number of hydrogen-bond acceptors (Lipinski definition) is 5. The van der Waals surface area contributed by atoms with Crippen molar-refractivity contribution in [1.29, 1.82) is 5.41 Å². The standard InChI is InChI=1S/C14H23N5O/c1-8-9(2)17-18-14(12(8)13(15)16)19(3)10-6-4-5-7-11(10)20/h10-11,20H,4-7H2,1-3H3,(H3,15,16). The molecular weight excluding hydrogens is 254 g/mol. The van der Waals surface area contributed by atoms with Crippen LogP contribution in [0.15, 0.2) is 0 Å². The Morgan fingerprint density at radius 2 is 1.95 bits per heavy atom. The monoisotopic (exact) mass is 277 g/mol. The van der Waals surface area contributed by atoms with Gasteiger partial charge in [-0.3, -0.25) is 5.41 Å². The van der Waals surface area contributed by atoms with Gasteiger partial charge in [-0.1, -0.05) is 12.8 Å². The summed E-state index contributed by atoms with van der Waals surface area (Å²) in [6.07, 6.45) is 3.52. The molecule has 0 bridgehead atoms. The first kappa shape index (κ1) is 14.7. The van der Waals surface area contributed by atoms with Gasteiger partial charge in [0.05, 0.1) is 23.4 Å². The van der Waals surface area contributed by atoms with Crippen molar-refractivity contribution in [3.8, 4) is 0 Å². The third kappa shape index (κ3) is 2.60. The average Bonchev–Trinajstić information content (AvgIpc) is 2.41. The summed E-state index contributed by atoms with van der Waals surface area (Å²) in [5.74, 6) is 0.583. The SMILES string of the molecule is Cc1nnc(N(C)C2CCCCC2O)c(C(=N)N)c1C. The highest BCUT2D eigenvalue weighted by molar-refractivity contribution is 6.01. The number of hydrogen-bond donors (Lipinski definition) is 3. The minimum Gasteiger partial charge on any atom is -0.391 e. The van der Waals surface area contributed by atoms with E-state index in [1.54, 1.807) is 0 Å². The summed E-state index contributed by atoms with van der Waals surface area (Å²) < 4.78 is 0. The fourth-order valence-corrected chi connectivity index (χ4v) is 2.87. The predicted molar refractivity (Wildman–Crippen MR) is 79.2 cm³/mol. The van der Waals surface area contributed by atoms with Crippen molar-refractivity contribution in [3.05, 3.63) is 16.8 Å². The number of aliphatic hydroxyl groups is 1. The highest BCUT2D eigenvalue weighted by Gasteiger charge is 2.29. The van der Waals surface area contributed by atoms with E-state index in [0.29, 0.717) is 11.4 Å². The Morgan fingerprint density at radius 1 is 1.30 bits per heavy atom. The number of nitrogens with two attached hydrogens (primary N) is 1. The first-order valence-electron chi connectivity index (χ1n) is 7.02. The fraction of sp³-hybridized carbons (Fsp3) is 0.643. The highest BCUT2D eigenvalue weighted by Crippen LogP contribution is 2.28. The van der Waals surface area contributed by atoms with Crippen LogP contribution in [0.5, 0.6) is 0 Å². The van der Waals surface area contributed by atoms with Gasteiger partial charge in [0.25, 0.3) is 0 Å². The molecule has 6 heteroatoms. The van der Waals surface area contributed by atoms with Gasteiger partial charge in [0.2, 0.25) is 0 Å². The molecule has 2 rings (SSSR count). The van der Waals surface area contributed by atoms with E-state index < -0.39 is 0 Å². The molecule has 110 valence electrons. The summed E-state index contributed by atoms with van der Waals surface area (Å²) >= 11 is 0. The molecule has 0 aliphatic heterocycles. The Labute approximate surface area is 119 Å². The van der Waals surface area contributed by atoms with Crippen LogP contribution in [-0.4, -0.2) is 40.3 Å². The van der Waals surface area contributed by atoms with Gasteiger partial charge in [-0.25, -0.2) is 0 Å². The summed E-state index contributed by atoms with van der Waals surface area (Å²) in [6.45, 7) is 3.75. The predicted octanol–water partition coefficient (Wildman–Crippen LogP) is 1.12. The molecule has 0 spiro atoms. The molecule has 1 fully saturated rings. The van der Waals surface area contributed by atoms with Gasteiger partial charge in [0.15, 0.2) is 5.82 Å². The molecule has 1 aliphatic carbocycles. The minimum absolute atomic E-state index is 0.00681. The Balaban J connectivity index is 2.41. The Bertz CT molecular complexity index is 517. The number of rotatable bonds is 3. The van der Waals surface area contributed by atoms with Gasteiger partial charge in [0.1, 0.15) is 5.84 Å². The maximum atomic E-state index is 10.2. The normalized spacial score (nSPS) is 22.6. The van der Waals surface area contributed by atoms with Crippen molar-refractivity contribution < 1.29 is 5.11 Å². The third-order valence-electron chi connectivity index (χ3n) is 4.23. The van der Waals surface area contributed by atoms with Crippen molar-refractivity contribution in [3.63, 3.8) is 0 Å². The molecule has 2 atom stereocenters. The molecule has 0 saturated heterocycles. The molecule has 1 aromatic rings. The number of amidine groups is 1. The number of nitrogens with one attached hydrogen (secondary N) is 1. The van der Waals surface area contributed by atoms with Crippen LogP contribution in [0.4, 0.5) is 5.82 Å². The van der Waals surface area contributed by atoms with Crippen LogP contribution >= 0.6 is 0 Å². The zero-order valence-corrected chi connectivity index (χ0v) is 12.3. The minimum atomic E-state index is -0.364. The van der Waals surface area contributed by atoms with Crippen LogP contribution in [0.1, 0.15) is 42.5 Å². The maximum absolute atomic E-state index is 10.2. The fourth-order valence-electron chi connectivity index (χ4n) is 2.87. The zero-order chi connectivity index (χ0) is 14.9. The van der Waals surface area contributed by atoms with Crippen LogP contribution in [0, 0.1) is 19.3 Å². The number of aliphatic hydroxyl groups excluding tert-OH is 1. The smallest absolute Gasteiger partial charge is 0.162 e. The second kappa shape index (κ2) is 5.75. The highest BCUT2D eigenvalue weighted by atomic mass is 16.3. The molecule has 1 aromatic heterocycles. The Morgan fingerprint density at radius 3 is 2.55 bits per heavy atom. The van der Waals surface area contributed by atoms with Gasteiger partial charge < -0.3 is 15.7 Å². The van der Waals surface area contributed by atoms with Crippen molar-refractivity contribution in [1.82, 2.24) is 10.2 Å². The third-order valence-corrected chi connectivity index (χ3v) is 4.23. The van der Waals surface area contributed by atoms with Crippen LogP contribution in [0.25, 0.3) is 0 Å². The number of nitrogen functional groups attached to an aromatic ring is 1. The molecule has 1 saturated carbocycles. The largest absolute Gasteiger partial charge is 0.391 e.